The van der Waals surface area contributed by atoms with Crippen molar-refractivity contribution in [1.29, 1.82) is 0 Å². The Morgan fingerprint density at radius 1 is 1.04 bits per heavy atom. The van der Waals surface area contributed by atoms with Crippen molar-refractivity contribution in [3.05, 3.63) is 70.8 Å². The molecule has 0 aromatic heterocycles. The van der Waals surface area contributed by atoms with Crippen LogP contribution >= 0.6 is 0 Å². The standard InChI is InChI=1S/C20H23NO5/c1-14-3-5-15(6-4-14)18(26-12-11-22)13-21-19(23)16-7-9-17(10-8-16)20(24)25-2/h3-10,18,22H,11-13H2,1-2H3,(H,21,23). The smallest absolute Gasteiger partial charge is 0.337 e. The molecule has 1 unspecified atom stereocenters. The van der Waals surface area contributed by atoms with E-state index in [0.29, 0.717) is 11.1 Å². The van der Waals surface area contributed by atoms with E-state index in [-0.39, 0.29) is 31.8 Å². The Morgan fingerprint density at radius 3 is 2.23 bits per heavy atom. The van der Waals surface area contributed by atoms with E-state index < -0.39 is 5.97 Å². The average Bonchev–Trinajstić information content (AvgIpc) is 2.68. The van der Waals surface area contributed by atoms with Crippen molar-refractivity contribution >= 4 is 11.9 Å². The number of nitrogens with one attached hydrogen (secondary N) is 1. The zero-order valence-electron chi connectivity index (χ0n) is 14.9. The van der Waals surface area contributed by atoms with Gasteiger partial charge in [-0.15, -0.1) is 0 Å². The lowest BCUT2D eigenvalue weighted by Gasteiger charge is -2.19. The minimum atomic E-state index is -0.450. The molecule has 138 valence electrons. The third-order valence-corrected chi connectivity index (χ3v) is 3.88. The predicted octanol–water partition coefficient (Wildman–Crippen LogP) is 2.26. The van der Waals surface area contributed by atoms with Crippen LogP contribution < -0.4 is 5.32 Å². The van der Waals surface area contributed by atoms with Crippen LogP contribution in [0.15, 0.2) is 48.5 Å². The number of methoxy groups -OCH3 is 1. The fourth-order valence-electron chi connectivity index (χ4n) is 2.41. The van der Waals surface area contributed by atoms with Crippen molar-refractivity contribution in [1.82, 2.24) is 5.32 Å². The Bertz CT molecular complexity index is 725. The van der Waals surface area contributed by atoms with Gasteiger partial charge in [0.1, 0.15) is 0 Å². The predicted molar refractivity (Wildman–Crippen MR) is 97.1 cm³/mol. The molecule has 6 heteroatoms. The van der Waals surface area contributed by atoms with Crippen LogP contribution in [0.4, 0.5) is 0 Å². The second-order valence-corrected chi connectivity index (χ2v) is 5.77. The molecule has 2 N–H and O–H groups in total. The first-order valence-corrected chi connectivity index (χ1v) is 8.30. The maximum Gasteiger partial charge on any atom is 0.337 e. The van der Waals surface area contributed by atoms with E-state index in [1.165, 1.54) is 7.11 Å². The molecule has 0 saturated carbocycles. The Balaban J connectivity index is 2.01. The topological polar surface area (TPSA) is 84.9 Å². The molecule has 0 radical (unpaired) electrons. The maximum absolute atomic E-state index is 12.3. The number of amides is 1. The maximum atomic E-state index is 12.3. The Morgan fingerprint density at radius 2 is 1.65 bits per heavy atom. The van der Waals surface area contributed by atoms with Crippen molar-refractivity contribution in [3.63, 3.8) is 0 Å². The largest absolute Gasteiger partial charge is 0.465 e. The van der Waals surface area contributed by atoms with Gasteiger partial charge in [0.05, 0.1) is 32.0 Å². The van der Waals surface area contributed by atoms with Gasteiger partial charge >= 0.3 is 5.97 Å². The molecule has 2 aromatic carbocycles. The van der Waals surface area contributed by atoms with Crippen molar-refractivity contribution in [2.75, 3.05) is 26.9 Å². The zero-order chi connectivity index (χ0) is 18.9. The van der Waals surface area contributed by atoms with E-state index >= 15 is 0 Å². The van der Waals surface area contributed by atoms with Crippen molar-refractivity contribution in [3.8, 4) is 0 Å². The van der Waals surface area contributed by atoms with Gasteiger partial charge in [-0.2, -0.15) is 0 Å². The summed E-state index contributed by atoms with van der Waals surface area (Å²) in [7, 11) is 1.31. The summed E-state index contributed by atoms with van der Waals surface area (Å²) in [6.07, 6.45) is -0.360. The molecule has 0 saturated heterocycles. The molecule has 6 nitrogen and oxygen atoms in total. The van der Waals surface area contributed by atoms with Gasteiger partial charge in [0.2, 0.25) is 0 Å². The van der Waals surface area contributed by atoms with Gasteiger partial charge < -0.3 is 19.9 Å². The van der Waals surface area contributed by atoms with Crippen LogP contribution in [-0.2, 0) is 9.47 Å². The van der Waals surface area contributed by atoms with Gasteiger partial charge in [-0.05, 0) is 36.8 Å². The van der Waals surface area contributed by atoms with E-state index in [1.807, 2.05) is 31.2 Å². The molecule has 2 aromatic rings. The number of rotatable bonds is 8. The van der Waals surface area contributed by atoms with Crippen LogP contribution in [0.25, 0.3) is 0 Å². The monoisotopic (exact) mass is 357 g/mol. The Hall–Kier alpha value is -2.70. The molecule has 0 aliphatic rings. The quantitative estimate of drug-likeness (QED) is 0.708. The van der Waals surface area contributed by atoms with Gasteiger partial charge in [0.15, 0.2) is 0 Å². The number of hydrogen-bond donors (Lipinski definition) is 2. The lowest BCUT2D eigenvalue weighted by molar-refractivity contribution is 0.0277. The molecular formula is C20H23NO5. The first kappa shape index (κ1) is 19.6. The Kier molecular flexibility index (Phi) is 7.32. The van der Waals surface area contributed by atoms with Crippen LogP contribution in [0.3, 0.4) is 0 Å². The second-order valence-electron chi connectivity index (χ2n) is 5.77. The van der Waals surface area contributed by atoms with E-state index in [1.54, 1.807) is 24.3 Å². The summed E-state index contributed by atoms with van der Waals surface area (Å²) in [5.41, 5.74) is 2.87. The SMILES string of the molecule is COC(=O)c1ccc(C(=O)NCC(OCCO)c2ccc(C)cc2)cc1. The fraction of sp³-hybridized carbons (Fsp3) is 0.300. The van der Waals surface area contributed by atoms with Crippen LogP contribution in [0, 0.1) is 6.92 Å². The molecule has 0 spiro atoms. The fourth-order valence-corrected chi connectivity index (χ4v) is 2.41. The number of aliphatic hydroxyl groups excluding tert-OH is 1. The molecule has 1 amide bonds. The molecule has 26 heavy (non-hydrogen) atoms. The lowest BCUT2D eigenvalue weighted by atomic mass is 10.1. The molecule has 0 fully saturated rings. The number of ether oxygens (including phenoxy) is 2. The molecule has 2 rings (SSSR count). The highest BCUT2D eigenvalue weighted by Crippen LogP contribution is 2.17. The summed E-state index contributed by atoms with van der Waals surface area (Å²) in [6, 6.07) is 14.0. The van der Waals surface area contributed by atoms with Crippen LogP contribution in [0.5, 0.6) is 0 Å². The number of carbonyl (C=O) groups is 2. The van der Waals surface area contributed by atoms with Gasteiger partial charge in [-0.3, -0.25) is 4.79 Å². The minimum absolute atomic E-state index is 0.0920. The normalized spacial score (nSPS) is 11.7. The number of aryl methyl sites for hydroxylation is 1. The van der Waals surface area contributed by atoms with E-state index in [4.69, 9.17) is 9.84 Å². The molecular weight excluding hydrogens is 334 g/mol. The number of hydrogen-bond acceptors (Lipinski definition) is 5. The summed E-state index contributed by atoms with van der Waals surface area (Å²) >= 11 is 0. The summed E-state index contributed by atoms with van der Waals surface area (Å²) in [5.74, 6) is -0.722. The number of benzene rings is 2. The lowest BCUT2D eigenvalue weighted by Crippen LogP contribution is -2.30. The summed E-state index contributed by atoms with van der Waals surface area (Å²) in [5, 5.41) is 11.8. The number of esters is 1. The van der Waals surface area contributed by atoms with Crippen LogP contribution in [-0.4, -0.2) is 43.9 Å². The highest BCUT2D eigenvalue weighted by Gasteiger charge is 2.15. The summed E-state index contributed by atoms with van der Waals surface area (Å²) in [6.45, 7) is 2.35. The average molecular weight is 357 g/mol. The first-order valence-electron chi connectivity index (χ1n) is 8.30. The zero-order valence-corrected chi connectivity index (χ0v) is 14.9. The summed E-state index contributed by atoms with van der Waals surface area (Å²) < 4.78 is 10.3. The molecule has 0 heterocycles. The first-order chi connectivity index (χ1) is 12.5. The summed E-state index contributed by atoms with van der Waals surface area (Å²) in [4.78, 5) is 23.8. The molecule has 1 atom stereocenters. The van der Waals surface area contributed by atoms with Gasteiger partial charge in [0, 0.05) is 12.1 Å². The highest BCUT2D eigenvalue weighted by atomic mass is 16.5. The minimum Gasteiger partial charge on any atom is -0.465 e. The third-order valence-electron chi connectivity index (χ3n) is 3.88. The van der Waals surface area contributed by atoms with E-state index in [0.717, 1.165) is 11.1 Å². The van der Waals surface area contributed by atoms with Gasteiger partial charge in [-0.1, -0.05) is 29.8 Å². The van der Waals surface area contributed by atoms with E-state index in [9.17, 15) is 9.59 Å². The number of carbonyl (C=O) groups excluding carboxylic acids is 2. The highest BCUT2D eigenvalue weighted by molar-refractivity contribution is 5.96. The molecule has 0 bridgehead atoms. The number of aliphatic hydroxyl groups is 1. The van der Waals surface area contributed by atoms with Crippen molar-refractivity contribution in [2.24, 2.45) is 0 Å². The van der Waals surface area contributed by atoms with Crippen LogP contribution in [0.2, 0.25) is 0 Å². The van der Waals surface area contributed by atoms with E-state index in [2.05, 4.69) is 10.1 Å². The van der Waals surface area contributed by atoms with Gasteiger partial charge in [0.25, 0.3) is 5.91 Å². The molecule has 0 aliphatic carbocycles. The van der Waals surface area contributed by atoms with Crippen molar-refractivity contribution in [2.45, 2.75) is 13.0 Å². The van der Waals surface area contributed by atoms with Gasteiger partial charge in [-0.25, -0.2) is 4.79 Å². The Labute approximate surface area is 152 Å². The molecule has 0 aliphatic heterocycles. The van der Waals surface area contributed by atoms with Crippen molar-refractivity contribution < 1.29 is 24.2 Å². The third kappa shape index (κ3) is 5.40. The van der Waals surface area contributed by atoms with Crippen LogP contribution in [0.1, 0.15) is 37.9 Å². The second kappa shape index (κ2) is 9.70.